The number of aliphatic carboxylic acids is 1. The molecular formula is C14H19ClN2O3. The summed E-state index contributed by atoms with van der Waals surface area (Å²) in [7, 11) is 0. The molecule has 0 unspecified atom stereocenters. The fraction of sp³-hybridized carbons (Fsp3) is 0.429. The Morgan fingerprint density at radius 1 is 1.30 bits per heavy atom. The number of hydrogen-bond acceptors (Lipinski definition) is 3. The monoisotopic (exact) mass is 298 g/mol. The van der Waals surface area contributed by atoms with E-state index in [4.69, 9.17) is 11.6 Å². The molecule has 0 radical (unpaired) electrons. The average molecular weight is 299 g/mol. The molecule has 0 saturated carbocycles. The maximum atomic E-state index is 11.8. The summed E-state index contributed by atoms with van der Waals surface area (Å²) >= 11 is 5.97. The highest BCUT2D eigenvalue weighted by atomic mass is 35.5. The second kappa shape index (κ2) is 7.87. The smallest absolute Gasteiger partial charge is 0.330 e. The standard InChI is InChI=1S/C14H19ClN2O3/c1-9(2)16-8-7-12(18)17-13(14(19)20)10-5-3-4-6-11(10)15/h3-6,9,13,16H,7-8H2,1-2H3,(H,17,18)(H,19,20)/t13-/m1/s1. The van der Waals surface area contributed by atoms with E-state index in [1.54, 1.807) is 24.3 Å². The van der Waals surface area contributed by atoms with Crippen LogP contribution in [0.25, 0.3) is 0 Å². The molecular weight excluding hydrogens is 280 g/mol. The van der Waals surface area contributed by atoms with Crippen LogP contribution < -0.4 is 10.6 Å². The van der Waals surface area contributed by atoms with Crippen LogP contribution in [0.1, 0.15) is 31.9 Å². The summed E-state index contributed by atoms with van der Waals surface area (Å²) < 4.78 is 0. The zero-order valence-corrected chi connectivity index (χ0v) is 12.3. The number of carbonyl (C=O) groups is 2. The lowest BCUT2D eigenvalue weighted by Crippen LogP contribution is -2.36. The first-order valence-electron chi connectivity index (χ1n) is 6.41. The van der Waals surface area contributed by atoms with E-state index in [1.165, 1.54) is 0 Å². The van der Waals surface area contributed by atoms with Gasteiger partial charge in [0.1, 0.15) is 0 Å². The van der Waals surface area contributed by atoms with Gasteiger partial charge in [-0.15, -0.1) is 0 Å². The van der Waals surface area contributed by atoms with Crippen molar-refractivity contribution < 1.29 is 14.7 Å². The second-order valence-electron chi connectivity index (χ2n) is 4.72. The van der Waals surface area contributed by atoms with Crippen LogP contribution in [0.4, 0.5) is 0 Å². The molecule has 110 valence electrons. The number of halogens is 1. The first kappa shape index (κ1) is 16.5. The van der Waals surface area contributed by atoms with Gasteiger partial charge in [0.05, 0.1) is 0 Å². The third kappa shape index (κ3) is 5.19. The van der Waals surface area contributed by atoms with Crippen LogP contribution in [-0.4, -0.2) is 29.6 Å². The van der Waals surface area contributed by atoms with Gasteiger partial charge in [0, 0.05) is 29.6 Å². The fourth-order valence-electron chi connectivity index (χ4n) is 1.69. The van der Waals surface area contributed by atoms with Gasteiger partial charge in [0.15, 0.2) is 6.04 Å². The lowest BCUT2D eigenvalue weighted by atomic mass is 10.1. The van der Waals surface area contributed by atoms with Gasteiger partial charge in [-0.05, 0) is 6.07 Å². The second-order valence-corrected chi connectivity index (χ2v) is 5.13. The maximum absolute atomic E-state index is 11.8. The zero-order valence-electron chi connectivity index (χ0n) is 11.5. The first-order valence-corrected chi connectivity index (χ1v) is 6.79. The molecule has 1 aromatic carbocycles. The molecule has 0 saturated heterocycles. The third-order valence-electron chi connectivity index (χ3n) is 2.67. The molecule has 0 fully saturated rings. The van der Waals surface area contributed by atoms with E-state index >= 15 is 0 Å². The Kier molecular flexibility index (Phi) is 6.48. The van der Waals surface area contributed by atoms with Gasteiger partial charge >= 0.3 is 5.97 Å². The minimum absolute atomic E-state index is 0.215. The molecule has 1 aromatic rings. The summed E-state index contributed by atoms with van der Waals surface area (Å²) in [6.45, 7) is 4.45. The van der Waals surface area contributed by atoms with Crippen molar-refractivity contribution in [1.82, 2.24) is 10.6 Å². The largest absolute Gasteiger partial charge is 0.479 e. The van der Waals surface area contributed by atoms with Crippen molar-refractivity contribution >= 4 is 23.5 Å². The molecule has 0 aliphatic heterocycles. The number of carboxylic acid groups (broad SMARTS) is 1. The quantitative estimate of drug-likeness (QED) is 0.719. The van der Waals surface area contributed by atoms with Crippen LogP contribution >= 0.6 is 11.6 Å². The van der Waals surface area contributed by atoms with Crippen molar-refractivity contribution in [1.29, 1.82) is 0 Å². The molecule has 0 aromatic heterocycles. The molecule has 0 bridgehead atoms. The molecule has 1 amide bonds. The molecule has 5 nitrogen and oxygen atoms in total. The Morgan fingerprint density at radius 2 is 1.95 bits per heavy atom. The molecule has 0 spiro atoms. The number of carbonyl (C=O) groups excluding carboxylic acids is 1. The first-order chi connectivity index (χ1) is 9.41. The highest BCUT2D eigenvalue weighted by Crippen LogP contribution is 2.22. The highest BCUT2D eigenvalue weighted by molar-refractivity contribution is 6.31. The summed E-state index contributed by atoms with van der Waals surface area (Å²) in [5.41, 5.74) is 0.381. The highest BCUT2D eigenvalue weighted by Gasteiger charge is 2.23. The number of benzene rings is 1. The maximum Gasteiger partial charge on any atom is 0.330 e. The van der Waals surface area contributed by atoms with Gasteiger partial charge in [-0.2, -0.15) is 0 Å². The van der Waals surface area contributed by atoms with Crippen LogP contribution in [0.2, 0.25) is 5.02 Å². The lowest BCUT2D eigenvalue weighted by molar-refractivity contribution is -0.142. The van der Waals surface area contributed by atoms with Crippen LogP contribution in [0, 0.1) is 0 Å². The van der Waals surface area contributed by atoms with Crippen molar-refractivity contribution in [3.05, 3.63) is 34.9 Å². The van der Waals surface area contributed by atoms with E-state index in [0.29, 0.717) is 17.1 Å². The van der Waals surface area contributed by atoms with Gasteiger partial charge < -0.3 is 15.7 Å². The molecule has 20 heavy (non-hydrogen) atoms. The van der Waals surface area contributed by atoms with Gasteiger partial charge in [-0.1, -0.05) is 43.6 Å². The summed E-state index contributed by atoms with van der Waals surface area (Å²) in [5.74, 6) is -1.46. The van der Waals surface area contributed by atoms with Gasteiger partial charge in [0.25, 0.3) is 0 Å². The number of nitrogens with one attached hydrogen (secondary N) is 2. The Bertz CT molecular complexity index is 477. The van der Waals surface area contributed by atoms with Gasteiger partial charge in [0.2, 0.25) is 5.91 Å². The Morgan fingerprint density at radius 3 is 2.50 bits per heavy atom. The summed E-state index contributed by atoms with van der Waals surface area (Å²) in [6.07, 6.45) is 0.215. The molecule has 0 heterocycles. The Labute approximate surface area is 123 Å². The van der Waals surface area contributed by atoms with Crippen molar-refractivity contribution in [2.24, 2.45) is 0 Å². The van der Waals surface area contributed by atoms with E-state index < -0.39 is 12.0 Å². The molecule has 6 heteroatoms. The predicted molar refractivity (Wildman–Crippen MR) is 77.7 cm³/mol. The normalized spacial score (nSPS) is 12.2. The molecule has 1 rings (SSSR count). The van der Waals surface area contributed by atoms with E-state index in [1.807, 2.05) is 13.8 Å². The minimum Gasteiger partial charge on any atom is -0.479 e. The third-order valence-corrected chi connectivity index (χ3v) is 3.02. The SMILES string of the molecule is CC(C)NCCC(=O)N[C@@H](C(=O)O)c1ccccc1Cl. The Hall–Kier alpha value is -1.59. The topological polar surface area (TPSA) is 78.4 Å². The average Bonchev–Trinajstić information content (AvgIpc) is 2.36. The molecule has 0 aliphatic carbocycles. The summed E-state index contributed by atoms with van der Waals surface area (Å²) in [6, 6.07) is 5.73. The van der Waals surface area contributed by atoms with Gasteiger partial charge in [-0.25, -0.2) is 4.79 Å². The van der Waals surface area contributed by atoms with Crippen molar-refractivity contribution in [2.75, 3.05) is 6.54 Å². The lowest BCUT2D eigenvalue weighted by Gasteiger charge is -2.16. The van der Waals surface area contributed by atoms with E-state index in [2.05, 4.69) is 10.6 Å². The fourth-order valence-corrected chi connectivity index (χ4v) is 1.93. The van der Waals surface area contributed by atoms with Crippen molar-refractivity contribution in [3.8, 4) is 0 Å². The number of rotatable bonds is 7. The number of carboxylic acids is 1. The zero-order chi connectivity index (χ0) is 15.1. The molecule has 1 atom stereocenters. The van der Waals surface area contributed by atoms with Crippen molar-refractivity contribution in [3.63, 3.8) is 0 Å². The van der Waals surface area contributed by atoms with Crippen LogP contribution in [0.3, 0.4) is 0 Å². The van der Waals surface area contributed by atoms with Crippen LogP contribution in [0.5, 0.6) is 0 Å². The van der Waals surface area contributed by atoms with E-state index in [9.17, 15) is 14.7 Å². The van der Waals surface area contributed by atoms with Crippen molar-refractivity contribution in [2.45, 2.75) is 32.4 Å². The Balaban J connectivity index is 2.67. The van der Waals surface area contributed by atoms with Crippen LogP contribution in [0.15, 0.2) is 24.3 Å². The predicted octanol–water partition coefficient (Wildman–Crippen LogP) is 1.97. The minimum atomic E-state index is -1.14. The van der Waals surface area contributed by atoms with E-state index in [-0.39, 0.29) is 18.4 Å². The van der Waals surface area contributed by atoms with E-state index in [0.717, 1.165) is 0 Å². The molecule has 3 N–H and O–H groups in total. The van der Waals surface area contributed by atoms with Crippen LogP contribution in [-0.2, 0) is 9.59 Å². The van der Waals surface area contributed by atoms with Gasteiger partial charge in [-0.3, -0.25) is 4.79 Å². The number of hydrogen-bond donors (Lipinski definition) is 3. The summed E-state index contributed by atoms with van der Waals surface area (Å²) in [4.78, 5) is 23.0. The summed E-state index contributed by atoms with van der Waals surface area (Å²) in [5, 5.41) is 15.1. The number of amides is 1. The molecule has 0 aliphatic rings.